The molecule has 1 aromatic rings. The first-order chi connectivity index (χ1) is 9.31. The molecule has 2 fully saturated rings. The lowest BCUT2D eigenvalue weighted by atomic mass is 10.1. The summed E-state index contributed by atoms with van der Waals surface area (Å²) in [4.78, 5) is 19.4. The Balaban J connectivity index is 0.00000147. The van der Waals surface area contributed by atoms with Gasteiger partial charge in [0.15, 0.2) is 0 Å². The minimum atomic E-state index is 0. The normalized spacial score (nSPS) is 24.9. The third-order valence-corrected chi connectivity index (χ3v) is 4.88. The lowest BCUT2D eigenvalue weighted by Crippen LogP contribution is -2.39. The van der Waals surface area contributed by atoms with Crippen LogP contribution in [0.2, 0.25) is 0 Å². The molecule has 110 valence electrons. The van der Waals surface area contributed by atoms with Crippen LogP contribution in [0.3, 0.4) is 0 Å². The molecule has 2 aliphatic heterocycles. The van der Waals surface area contributed by atoms with Crippen LogP contribution in [0.25, 0.3) is 0 Å². The van der Waals surface area contributed by atoms with Crippen molar-refractivity contribution in [1.29, 1.82) is 0 Å². The fourth-order valence-electron chi connectivity index (χ4n) is 2.84. The van der Waals surface area contributed by atoms with Crippen molar-refractivity contribution in [3.63, 3.8) is 0 Å². The Bertz CT molecular complexity index is 445. The van der Waals surface area contributed by atoms with Gasteiger partial charge in [-0.05, 0) is 31.4 Å². The second kappa shape index (κ2) is 7.29. The van der Waals surface area contributed by atoms with Crippen LogP contribution in [0.1, 0.15) is 19.3 Å². The van der Waals surface area contributed by atoms with Gasteiger partial charge in [0, 0.05) is 42.5 Å². The summed E-state index contributed by atoms with van der Waals surface area (Å²) in [7, 11) is 0. The standard InChI is InChI=1S/C14H19N3OS.ClH/c18-14(10-19-13-3-6-15-7-4-13)17-8-5-11-1-2-12(9-17)16-11;/h3-4,6-7,11-12,16H,1-2,5,8-10H2;1H. The van der Waals surface area contributed by atoms with Crippen LogP contribution in [0.5, 0.6) is 0 Å². The van der Waals surface area contributed by atoms with Gasteiger partial charge in [-0.15, -0.1) is 24.2 Å². The van der Waals surface area contributed by atoms with E-state index < -0.39 is 0 Å². The number of amides is 1. The third-order valence-electron chi connectivity index (χ3n) is 3.89. The quantitative estimate of drug-likeness (QED) is 0.866. The van der Waals surface area contributed by atoms with Gasteiger partial charge >= 0.3 is 0 Å². The van der Waals surface area contributed by atoms with Crippen LogP contribution in [-0.2, 0) is 4.79 Å². The van der Waals surface area contributed by atoms with Gasteiger partial charge in [0.1, 0.15) is 0 Å². The first kappa shape index (κ1) is 15.6. The summed E-state index contributed by atoms with van der Waals surface area (Å²) in [6, 6.07) is 5.05. The van der Waals surface area contributed by atoms with E-state index in [4.69, 9.17) is 0 Å². The van der Waals surface area contributed by atoms with Crippen molar-refractivity contribution in [1.82, 2.24) is 15.2 Å². The lowest BCUT2D eigenvalue weighted by molar-refractivity contribution is -0.128. The molecule has 2 aliphatic rings. The first-order valence-electron chi connectivity index (χ1n) is 6.88. The molecule has 0 aromatic carbocycles. The molecule has 3 rings (SSSR count). The van der Waals surface area contributed by atoms with Crippen LogP contribution in [0.4, 0.5) is 0 Å². The molecule has 6 heteroatoms. The number of likely N-dealkylation sites (tertiary alicyclic amines) is 1. The predicted molar refractivity (Wildman–Crippen MR) is 83.4 cm³/mol. The summed E-state index contributed by atoms with van der Waals surface area (Å²) in [5, 5.41) is 3.60. The van der Waals surface area contributed by atoms with E-state index in [1.807, 2.05) is 17.0 Å². The van der Waals surface area contributed by atoms with E-state index in [-0.39, 0.29) is 18.3 Å². The van der Waals surface area contributed by atoms with Crippen LogP contribution < -0.4 is 5.32 Å². The highest BCUT2D eigenvalue weighted by molar-refractivity contribution is 8.00. The van der Waals surface area contributed by atoms with Gasteiger partial charge in [0.05, 0.1) is 5.75 Å². The molecule has 1 N–H and O–H groups in total. The van der Waals surface area contributed by atoms with E-state index in [1.165, 1.54) is 12.8 Å². The Morgan fingerprint density at radius 2 is 2.05 bits per heavy atom. The number of fused-ring (bicyclic) bond motifs is 2. The van der Waals surface area contributed by atoms with Crippen LogP contribution in [-0.4, -0.2) is 46.7 Å². The van der Waals surface area contributed by atoms with Gasteiger partial charge in [0.25, 0.3) is 0 Å². The minimum absolute atomic E-state index is 0. The Kier molecular flexibility index (Phi) is 5.69. The van der Waals surface area contributed by atoms with Crippen molar-refractivity contribution >= 4 is 30.1 Å². The van der Waals surface area contributed by atoms with Crippen molar-refractivity contribution < 1.29 is 4.79 Å². The van der Waals surface area contributed by atoms with Crippen molar-refractivity contribution in [2.24, 2.45) is 0 Å². The van der Waals surface area contributed by atoms with Gasteiger partial charge in [-0.25, -0.2) is 0 Å². The molecule has 3 heterocycles. The van der Waals surface area contributed by atoms with E-state index >= 15 is 0 Å². The Morgan fingerprint density at radius 3 is 2.85 bits per heavy atom. The summed E-state index contributed by atoms with van der Waals surface area (Å²) in [5.41, 5.74) is 0. The number of thioether (sulfide) groups is 1. The summed E-state index contributed by atoms with van der Waals surface area (Å²) in [6.45, 7) is 1.79. The Hall–Kier alpha value is -0.780. The number of rotatable bonds is 3. The van der Waals surface area contributed by atoms with E-state index in [0.717, 1.165) is 24.4 Å². The van der Waals surface area contributed by atoms with Crippen LogP contribution in [0.15, 0.2) is 29.4 Å². The van der Waals surface area contributed by atoms with Crippen molar-refractivity contribution in [2.45, 2.75) is 36.2 Å². The fourth-order valence-corrected chi connectivity index (χ4v) is 3.63. The zero-order chi connectivity index (χ0) is 13.1. The number of carbonyl (C=O) groups is 1. The van der Waals surface area contributed by atoms with E-state index in [9.17, 15) is 4.79 Å². The maximum Gasteiger partial charge on any atom is 0.232 e. The molecule has 2 saturated heterocycles. The molecular formula is C14H20ClN3OS. The highest BCUT2D eigenvalue weighted by Crippen LogP contribution is 2.22. The molecular weight excluding hydrogens is 294 g/mol. The molecule has 2 bridgehead atoms. The van der Waals surface area contributed by atoms with Crippen LogP contribution in [0, 0.1) is 0 Å². The van der Waals surface area contributed by atoms with Crippen molar-refractivity contribution in [3.8, 4) is 0 Å². The maximum absolute atomic E-state index is 12.3. The molecule has 0 saturated carbocycles. The molecule has 20 heavy (non-hydrogen) atoms. The summed E-state index contributed by atoms with van der Waals surface area (Å²) >= 11 is 1.60. The van der Waals surface area contributed by atoms with Gasteiger partial charge in [-0.3, -0.25) is 9.78 Å². The highest BCUT2D eigenvalue weighted by Gasteiger charge is 2.30. The average Bonchev–Trinajstić information content (AvgIpc) is 2.77. The second-order valence-corrected chi connectivity index (χ2v) is 6.29. The Morgan fingerprint density at radius 1 is 1.30 bits per heavy atom. The second-order valence-electron chi connectivity index (χ2n) is 5.24. The first-order valence-corrected chi connectivity index (χ1v) is 7.86. The van der Waals surface area contributed by atoms with Gasteiger partial charge in [-0.1, -0.05) is 0 Å². The molecule has 0 spiro atoms. The van der Waals surface area contributed by atoms with E-state index in [0.29, 0.717) is 17.8 Å². The van der Waals surface area contributed by atoms with Gasteiger partial charge < -0.3 is 10.2 Å². The summed E-state index contributed by atoms with van der Waals surface area (Å²) in [6.07, 6.45) is 7.12. The number of nitrogens with zero attached hydrogens (tertiary/aromatic N) is 2. The van der Waals surface area contributed by atoms with Crippen LogP contribution >= 0.6 is 24.2 Å². The highest BCUT2D eigenvalue weighted by atomic mass is 35.5. The molecule has 2 unspecified atom stereocenters. The monoisotopic (exact) mass is 313 g/mol. The third kappa shape index (κ3) is 3.87. The Labute approximate surface area is 130 Å². The number of aromatic nitrogens is 1. The predicted octanol–water partition coefficient (Wildman–Crippen LogP) is 1.95. The summed E-state index contributed by atoms with van der Waals surface area (Å²) < 4.78 is 0. The minimum Gasteiger partial charge on any atom is -0.340 e. The van der Waals surface area contributed by atoms with Crippen molar-refractivity contribution in [3.05, 3.63) is 24.5 Å². The number of hydrogen-bond donors (Lipinski definition) is 1. The fraction of sp³-hybridized carbons (Fsp3) is 0.571. The largest absolute Gasteiger partial charge is 0.340 e. The van der Waals surface area contributed by atoms with E-state index in [1.54, 1.807) is 24.2 Å². The number of hydrogen-bond acceptors (Lipinski definition) is 4. The number of pyridine rings is 1. The molecule has 2 atom stereocenters. The SMILES string of the molecule is Cl.O=C(CSc1ccncc1)N1CCC2CCC(C1)N2. The molecule has 1 amide bonds. The molecule has 1 aromatic heterocycles. The average molecular weight is 314 g/mol. The zero-order valence-corrected chi connectivity index (χ0v) is 13.0. The smallest absolute Gasteiger partial charge is 0.232 e. The molecule has 0 radical (unpaired) electrons. The lowest BCUT2D eigenvalue weighted by Gasteiger charge is -2.24. The van der Waals surface area contributed by atoms with E-state index in [2.05, 4.69) is 10.3 Å². The number of halogens is 1. The van der Waals surface area contributed by atoms with Gasteiger partial charge in [0.2, 0.25) is 5.91 Å². The van der Waals surface area contributed by atoms with Crippen molar-refractivity contribution in [2.75, 3.05) is 18.8 Å². The topological polar surface area (TPSA) is 45.2 Å². The molecule has 4 nitrogen and oxygen atoms in total. The summed E-state index contributed by atoms with van der Waals surface area (Å²) in [5.74, 6) is 0.790. The maximum atomic E-state index is 12.3. The zero-order valence-electron chi connectivity index (χ0n) is 11.3. The number of carbonyl (C=O) groups excluding carboxylic acids is 1. The van der Waals surface area contributed by atoms with Gasteiger partial charge in [-0.2, -0.15) is 0 Å². The molecule has 0 aliphatic carbocycles. The number of nitrogens with one attached hydrogen (secondary N) is 1.